The molecule has 2 bridgehead atoms. The van der Waals surface area contributed by atoms with Crippen molar-refractivity contribution in [3.8, 4) is 0 Å². The van der Waals surface area contributed by atoms with Crippen LogP contribution in [-0.2, 0) is 23.2 Å². The third-order valence-corrected chi connectivity index (χ3v) is 8.17. The van der Waals surface area contributed by atoms with Gasteiger partial charge in [-0.05, 0) is 73.5 Å². The van der Waals surface area contributed by atoms with E-state index in [0.717, 1.165) is 31.6 Å². The number of nitrogens with zero attached hydrogens (tertiary/aromatic N) is 1. The summed E-state index contributed by atoms with van der Waals surface area (Å²) in [5.41, 5.74) is 11.5. The minimum Gasteiger partial charge on any atom is -0.398 e. The van der Waals surface area contributed by atoms with Crippen LogP contribution in [0.1, 0.15) is 56.4 Å². The average molecular weight is 501 g/mol. The maximum atomic E-state index is 13.9. The Morgan fingerprint density at radius 2 is 1.76 bits per heavy atom. The molecular formula is C26H36Cl2F2N2O. The first-order valence-corrected chi connectivity index (χ1v) is 11.2. The first-order chi connectivity index (χ1) is 14.6. The molecule has 2 aromatic carbocycles. The number of ether oxygens (including phenoxy) is 1. The molecule has 1 aliphatic carbocycles. The monoisotopic (exact) mass is 500 g/mol. The smallest absolute Gasteiger partial charge is 0.131 e. The number of fused-ring (bicyclic) bond motifs is 4. The first kappa shape index (κ1) is 27.8. The average Bonchev–Trinajstić information content (AvgIpc) is 2.68. The Morgan fingerprint density at radius 3 is 2.39 bits per heavy atom. The van der Waals surface area contributed by atoms with E-state index in [-0.39, 0.29) is 53.9 Å². The Morgan fingerprint density at radius 1 is 1.12 bits per heavy atom. The molecule has 33 heavy (non-hydrogen) atoms. The van der Waals surface area contributed by atoms with E-state index >= 15 is 0 Å². The fourth-order valence-electron chi connectivity index (χ4n) is 5.96. The second kappa shape index (κ2) is 10.1. The maximum absolute atomic E-state index is 13.9. The number of hydrogen-bond acceptors (Lipinski definition) is 3. The highest BCUT2D eigenvalue weighted by Gasteiger charge is 2.56. The van der Waals surface area contributed by atoms with Crippen molar-refractivity contribution in [2.75, 3.05) is 18.8 Å². The van der Waals surface area contributed by atoms with Gasteiger partial charge in [-0.25, -0.2) is 8.78 Å². The van der Waals surface area contributed by atoms with Crippen LogP contribution in [0.5, 0.6) is 0 Å². The number of aryl methyl sites for hydroxylation is 1. The number of likely N-dealkylation sites (tertiary alicyclic amines) is 1. The van der Waals surface area contributed by atoms with Gasteiger partial charge in [0.25, 0.3) is 0 Å². The summed E-state index contributed by atoms with van der Waals surface area (Å²) in [6, 6.07) is 8.43. The summed E-state index contributed by atoms with van der Waals surface area (Å²) in [7, 11) is 0. The molecular weight excluding hydrogens is 465 g/mol. The van der Waals surface area contributed by atoms with Crippen LogP contribution in [0.15, 0.2) is 30.3 Å². The lowest BCUT2D eigenvalue weighted by Crippen LogP contribution is -2.64. The number of rotatable bonds is 5. The van der Waals surface area contributed by atoms with Crippen molar-refractivity contribution < 1.29 is 13.5 Å². The normalized spacial score (nSPS) is 24.3. The maximum Gasteiger partial charge on any atom is 0.131 e. The van der Waals surface area contributed by atoms with Gasteiger partial charge in [-0.3, -0.25) is 4.90 Å². The molecule has 2 N–H and O–H groups in total. The molecule has 7 heteroatoms. The van der Waals surface area contributed by atoms with E-state index < -0.39 is 11.6 Å². The summed E-state index contributed by atoms with van der Waals surface area (Å²) in [4.78, 5) is 2.49. The number of halogens is 4. The van der Waals surface area contributed by atoms with Gasteiger partial charge in [0.05, 0.1) is 12.7 Å². The van der Waals surface area contributed by atoms with E-state index in [1.165, 1.54) is 34.9 Å². The highest BCUT2D eigenvalue weighted by Crippen LogP contribution is 2.57. The molecule has 1 fully saturated rings. The highest BCUT2D eigenvalue weighted by molar-refractivity contribution is 5.85. The van der Waals surface area contributed by atoms with Gasteiger partial charge in [0, 0.05) is 29.3 Å². The van der Waals surface area contributed by atoms with Gasteiger partial charge in [0.1, 0.15) is 11.6 Å². The lowest BCUT2D eigenvalue weighted by molar-refractivity contribution is -0.0653. The third kappa shape index (κ3) is 4.62. The number of anilines is 1. The van der Waals surface area contributed by atoms with Crippen LogP contribution in [0.3, 0.4) is 0 Å². The predicted molar refractivity (Wildman–Crippen MR) is 136 cm³/mol. The fourth-order valence-corrected chi connectivity index (χ4v) is 5.96. The van der Waals surface area contributed by atoms with E-state index in [9.17, 15) is 8.78 Å². The van der Waals surface area contributed by atoms with Gasteiger partial charge in [-0.1, -0.05) is 32.9 Å². The van der Waals surface area contributed by atoms with Crippen LogP contribution < -0.4 is 5.73 Å². The van der Waals surface area contributed by atoms with Gasteiger partial charge in [0.2, 0.25) is 0 Å². The molecule has 4 rings (SSSR count). The summed E-state index contributed by atoms with van der Waals surface area (Å²) in [6.07, 6.45) is 1.82. The molecule has 0 amide bonds. The van der Waals surface area contributed by atoms with Crippen LogP contribution >= 0.6 is 24.8 Å². The number of benzene rings is 2. The second-order valence-electron chi connectivity index (χ2n) is 10.2. The van der Waals surface area contributed by atoms with E-state index in [1.807, 2.05) is 13.0 Å². The standard InChI is InChI=1S/C26H34F2N2O.2ClH/c1-16-9-10-22(29)18-13-23-25(3,4)26(5,24(16)18)11-12-30(23)14-17(2)31-15-19-20(27)7-6-8-21(19)28;;/h6-10,17,23H,11-15,29H2,1-5H3;2*1H. The minimum atomic E-state index is -0.559. The molecule has 0 radical (unpaired) electrons. The lowest BCUT2D eigenvalue weighted by atomic mass is 9.50. The van der Waals surface area contributed by atoms with Crippen molar-refractivity contribution >= 4 is 30.5 Å². The van der Waals surface area contributed by atoms with E-state index in [0.29, 0.717) is 6.04 Å². The first-order valence-electron chi connectivity index (χ1n) is 11.2. The minimum absolute atomic E-state index is 0. The van der Waals surface area contributed by atoms with Gasteiger partial charge < -0.3 is 10.5 Å². The van der Waals surface area contributed by atoms with Crippen molar-refractivity contribution in [1.82, 2.24) is 4.90 Å². The topological polar surface area (TPSA) is 38.5 Å². The molecule has 184 valence electrons. The molecule has 1 heterocycles. The summed E-state index contributed by atoms with van der Waals surface area (Å²) < 4.78 is 33.8. The van der Waals surface area contributed by atoms with Gasteiger partial charge in [-0.2, -0.15) is 0 Å². The van der Waals surface area contributed by atoms with Crippen LogP contribution in [0.4, 0.5) is 14.5 Å². The molecule has 2 aliphatic rings. The number of hydrogen-bond donors (Lipinski definition) is 1. The summed E-state index contributed by atoms with van der Waals surface area (Å²) in [6.45, 7) is 12.9. The van der Waals surface area contributed by atoms with Gasteiger partial charge in [-0.15, -0.1) is 24.8 Å². The summed E-state index contributed by atoms with van der Waals surface area (Å²) >= 11 is 0. The third-order valence-electron chi connectivity index (χ3n) is 8.17. The van der Waals surface area contributed by atoms with Crippen molar-refractivity contribution in [2.45, 2.75) is 71.6 Å². The molecule has 3 unspecified atom stereocenters. The van der Waals surface area contributed by atoms with Crippen molar-refractivity contribution in [3.05, 3.63) is 64.2 Å². The Hall–Kier alpha value is -1.40. The molecule has 2 aromatic rings. The lowest BCUT2D eigenvalue weighted by Gasteiger charge is -2.61. The molecule has 0 saturated carbocycles. The fraction of sp³-hybridized carbons (Fsp3) is 0.538. The molecule has 0 spiro atoms. The summed E-state index contributed by atoms with van der Waals surface area (Å²) in [5.74, 6) is -1.12. The predicted octanol–water partition coefficient (Wildman–Crippen LogP) is 6.22. The Labute approximate surface area is 208 Å². The zero-order valence-electron chi connectivity index (χ0n) is 20.1. The SMILES string of the molecule is Cc1ccc(N)c2c1C1(C)CCN(CC(C)OCc3c(F)cccc3F)C(C2)C1(C)C.Cl.Cl. The zero-order valence-corrected chi connectivity index (χ0v) is 21.7. The number of nitrogens with two attached hydrogens (primary N) is 1. The van der Waals surface area contributed by atoms with Gasteiger partial charge in [0.15, 0.2) is 0 Å². The number of nitrogen functional groups attached to an aromatic ring is 1. The Balaban J connectivity index is 0.00000193. The largest absolute Gasteiger partial charge is 0.398 e. The van der Waals surface area contributed by atoms with Crippen LogP contribution in [0.2, 0.25) is 0 Å². The molecule has 1 aliphatic heterocycles. The second-order valence-corrected chi connectivity index (χ2v) is 10.2. The molecule has 3 atom stereocenters. The van der Waals surface area contributed by atoms with E-state index in [4.69, 9.17) is 10.5 Å². The quantitative estimate of drug-likeness (QED) is 0.495. The van der Waals surface area contributed by atoms with Crippen molar-refractivity contribution in [3.63, 3.8) is 0 Å². The molecule has 3 nitrogen and oxygen atoms in total. The Kier molecular flexibility index (Phi) is 8.50. The summed E-state index contributed by atoms with van der Waals surface area (Å²) in [5, 5.41) is 0. The van der Waals surface area contributed by atoms with Crippen LogP contribution in [-0.4, -0.2) is 30.1 Å². The molecule has 0 aromatic heterocycles. The Bertz CT molecular complexity index is 980. The van der Waals surface area contributed by atoms with Crippen molar-refractivity contribution in [1.29, 1.82) is 0 Å². The zero-order chi connectivity index (χ0) is 22.6. The van der Waals surface area contributed by atoms with E-state index in [2.05, 4.69) is 38.7 Å². The highest BCUT2D eigenvalue weighted by atomic mass is 35.5. The van der Waals surface area contributed by atoms with Crippen LogP contribution in [0.25, 0.3) is 0 Å². The van der Waals surface area contributed by atoms with Crippen LogP contribution in [0, 0.1) is 24.0 Å². The molecule has 1 saturated heterocycles. The van der Waals surface area contributed by atoms with E-state index in [1.54, 1.807) is 0 Å². The van der Waals surface area contributed by atoms with Gasteiger partial charge >= 0.3 is 0 Å². The number of piperidine rings is 1. The van der Waals surface area contributed by atoms with Crippen molar-refractivity contribution in [2.24, 2.45) is 5.41 Å².